The van der Waals surface area contributed by atoms with E-state index < -0.39 is 0 Å². The highest BCUT2D eigenvalue weighted by Gasteiger charge is 2.25. The first-order valence-electron chi connectivity index (χ1n) is 11.8. The second-order valence-corrected chi connectivity index (χ2v) is 8.67. The van der Waals surface area contributed by atoms with Crippen LogP contribution in [-0.4, -0.2) is 70.5 Å². The second kappa shape index (κ2) is 10.7. The van der Waals surface area contributed by atoms with Gasteiger partial charge in [0.1, 0.15) is 11.4 Å². The molecule has 3 heterocycles. The summed E-state index contributed by atoms with van der Waals surface area (Å²) in [6.45, 7) is 2.95. The van der Waals surface area contributed by atoms with Crippen LogP contribution in [0.25, 0.3) is 11.4 Å². The second-order valence-electron chi connectivity index (χ2n) is 8.67. The van der Waals surface area contributed by atoms with Gasteiger partial charge in [0, 0.05) is 31.0 Å². The number of nitrogens with one attached hydrogen (secondary N) is 1. The molecular formula is C26H27N5O4. The Hall–Kier alpha value is -3.69. The Bertz CT molecular complexity index is 1180. The molecule has 1 saturated carbocycles. The van der Waals surface area contributed by atoms with E-state index in [1.807, 2.05) is 23.1 Å². The van der Waals surface area contributed by atoms with Gasteiger partial charge >= 0.3 is 0 Å². The molecule has 1 aliphatic carbocycles. The number of hydrogen-bond acceptors (Lipinski definition) is 8. The quantitative estimate of drug-likeness (QED) is 0.473. The molecule has 9 heteroatoms. The number of hydrogen-bond donors (Lipinski definition) is 1. The Morgan fingerprint density at radius 2 is 1.89 bits per heavy atom. The summed E-state index contributed by atoms with van der Waals surface area (Å²) >= 11 is 0. The third-order valence-corrected chi connectivity index (χ3v) is 5.84. The van der Waals surface area contributed by atoms with E-state index in [0.29, 0.717) is 41.6 Å². The van der Waals surface area contributed by atoms with Crippen molar-refractivity contribution >= 4 is 17.4 Å². The van der Waals surface area contributed by atoms with Crippen molar-refractivity contribution in [1.29, 1.82) is 0 Å². The number of anilines is 1. The average molecular weight is 474 g/mol. The molecule has 2 fully saturated rings. The summed E-state index contributed by atoms with van der Waals surface area (Å²) in [6, 6.07) is 10.8. The minimum Gasteiger partial charge on any atom is -0.488 e. The van der Waals surface area contributed by atoms with Gasteiger partial charge in [0.2, 0.25) is 5.91 Å². The number of carbonyl (C=O) groups excluding carboxylic acids is 2. The number of benzene rings is 1. The van der Waals surface area contributed by atoms with E-state index in [-0.39, 0.29) is 30.8 Å². The molecule has 5 rings (SSSR count). The smallest absolute Gasteiger partial charge is 0.238 e. The molecule has 180 valence electrons. The number of amides is 1. The minimum absolute atomic E-state index is 0.0967. The average Bonchev–Trinajstić information content (AvgIpc) is 3.71. The zero-order valence-corrected chi connectivity index (χ0v) is 19.4. The highest BCUT2D eigenvalue weighted by Crippen LogP contribution is 2.33. The minimum atomic E-state index is -0.145. The fraction of sp³-hybridized carbons (Fsp3) is 0.346. The van der Waals surface area contributed by atoms with Crippen LogP contribution in [0.1, 0.15) is 28.9 Å². The molecule has 0 unspecified atom stereocenters. The molecule has 0 bridgehead atoms. The van der Waals surface area contributed by atoms with Crippen LogP contribution in [0.2, 0.25) is 0 Å². The molecule has 1 aliphatic heterocycles. The summed E-state index contributed by atoms with van der Waals surface area (Å²) < 4.78 is 11.3. The molecule has 1 amide bonds. The first kappa shape index (κ1) is 23.1. The van der Waals surface area contributed by atoms with Gasteiger partial charge in [-0.25, -0.2) is 0 Å². The van der Waals surface area contributed by atoms with E-state index in [1.54, 1.807) is 36.8 Å². The summed E-state index contributed by atoms with van der Waals surface area (Å²) in [7, 11) is 0. The topological polar surface area (TPSA) is 107 Å². The van der Waals surface area contributed by atoms with Gasteiger partial charge in [-0.05, 0) is 43.2 Å². The van der Waals surface area contributed by atoms with Crippen molar-refractivity contribution in [3.63, 3.8) is 0 Å². The lowest BCUT2D eigenvalue weighted by Gasteiger charge is -2.26. The third-order valence-electron chi connectivity index (χ3n) is 5.84. The van der Waals surface area contributed by atoms with Crippen molar-refractivity contribution in [2.75, 3.05) is 38.2 Å². The van der Waals surface area contributed by atoms with E-state index in [9.17, 15) is 9.59 Å². The predicted octanol–water partition coefficient (Wildman–Crippen LogP) is 2.78. The Labute approximate surface area is 203 Å². The lowest BCUT2D eigenvalue weighted by molar-refractivity contribution is -0.118. The summed E-state index contributed by atoms with van der Waals surface area (Å²) in [4.78, 5) is 40.8. The predicted molar refractivity (Wildman–Crippen MR) is 129 cm³/mol. The lowest BCUT2D eigenvalue weighted by Crippen LogP contribution is -2.41. The number of rotatable bonds is 9. The molecule has 35 heavy (non-hydrogen) atoms. The van der Waals surface area contributed by atoms with E-state index >= 15 is 0 Å². The van der Waals surface area contributed by atoms with Gasteiger partial charge in [-0.1, -0.05) is 6.07 Å². The molecule has 2 aliphatic rings. The van der Waals surface area contributed by atoms with E-state index in [4.69, 9.17) is 9.47 Å². The number of Topliss-reactive ketones (excluding diaryl/α,β-unsaturated/α-hetero) is 1. The van der Waals surface area contributed by atoms with Crippen LogP contribution in [0.5, 0.6) is 5.75 Å². The van der Waals surface area contributed by atoms with E-state index in [0.717, 1.165) is 31.6 Å². The Morgan fingerprint density at radius 3 is 2.60 bits per heavy atom. The molecule has 9 nitrogen and oxygen atoms in total. The van der Waals surface area contributed by atoms with Crippen LogP contribution < -0.4 is 10.1 Å². The monoisotopic (exact) mass is 473 g/mol. The number of ketones is 1. The van der Waals surface area contributed by atoms with Crippen molar-refractivity contribution in [3.05, 3.63) is 66.2 Å². The van der Waals surface area contributed by atoms with Crippen molar-refractivity contribution in [2.24, 2.45) is 0 Å². The standard InChI is InChI=1S/C26H27N5O4/c32-24(14-19-15-29-23(16-28-19)21-3-1-2-8-27-21)18-4-7-25(35-20-5-6-20)22(13-18)30-26(33)17-31-9-11-34-12-10-31/h1-4,7-8,13,15-16,20H,5-6,9-12,14,17H2,(H,30,33). The molecule has 0 atom stereocenters. The van der Waals surface area contributed by atoms with Gasteiger partial charge in [0.05, 0.1) is 55.6 Å². The van der Waals surface area contributed by atoms with Crippen molar-refractivity contribution in [2.45, 2.75) is 25.4 Å². The maximum absolute atomic E-state index is 13.0. The van der Waals surface area contributed by atoms with Gasteiger partial charge in [-0.2, -0.15) is 0 Å². The Morgan fingerprint density at radius 1 is 1.03 bits per heavy atom. The summed E-state index contributed by atoms with van der Waals surface area (Å²) in [5, 5.41) is 2.94. The van der Waals surface area contributed by atoms with Gasteiger partial charge in [-0.3, -0.25) is 29.4 Å². The molecule has 0 radical (unpaired) electrons. The molecular weight excluding hydrogens is 446 g/mol. The first-order valence-corrected chi connectivity index (χ1v) is 11.8. The summed E-state index contributed by atoms with van der Waals surface area (Å²) in [5.41, 5.74) is 2.92. The zero-order valence-electron chi connectivity index (χ0n) is 19.4. The van der Waals surface area contributed by atoms with Gasteiger partial charge < -0.3 is 14.8 Å². The highest BCUT2D eigenvalue weighted by molar-refractivity contribution is 6.00. The summed E-state index contributed by atoms with van der Waals surface area (Å²) in [5.74, 6) is 0.318. The normalized spacial score (nSPS) is 16.0. The van der Waals surface area contributed by atoms with Crippen LogP contribution in [0.15, 0.2) is 55.0 Å². The number of aromatic nitrogens is 3. The van der Waals surface area contributed by atoms with Crippen LogP contribution in [0.4, 0.5) is 5.69 Å². The van der Waals surface area contributed by atoms with E-state index in [1.165, 1.54) is 0 Å². The van der Waals surface area contributed by atoms with Gasteiger partial charge in [0.25, 0.3) is 0 Å². The maximum atomic E-state index is 13.0. The Balaban J connectivity index is 1.27. The van der Waals surface area contributed by atoms with Crippen LogP contribution in [0, 0.1) is 0 Å². The van der Waals surface area contributed by atoms with Crippen LogP contribution in [0.3, 0.4) is 0 Å². The Kier molecular flexibility index (Phi) is 7.06. The maximum Gasteiger partial charge on any atom is 0.238 e. The van der Waals surface area contributed by atoms with E-state index in [2.05, 4.69) is 20.3 Å². The third kappa shape index (κ3) is 6.26. The SMILES string of the molecule is O=C(CN1CCOCC1)Nc1cc(C(=O)Cc2cnc(-c3ccccn3)cn2)ccc1OC1CC1. The van der Waals surface area contributed by atoms with Crippen molar-refractivity contribution in [3.8, 4) is 17.1 Å². The number of pyridine rings is 1. The molecule has 1 saturated heterocycles. The molecule has 1 N–H and O–H groups in total. The fourth-order valence-corrected chi connectivity index (χ4v) is 3.78. The number of ether oxygens (including phenoxy) is 2. The fourth-order valence-electron chi connectivity index (χ4n) is 3.78. The molecule has 3 aromatic rings. The largest absolute Gasteiger partial charge is 0.488 e. The molecule has 1 aromatic carbocycles. The summed E-state index contributed by atoms with van der Waals surface area (Å²) in [6.07, 6.45) is 7.16. The number of nitrogens with zero attached hydrogens (tertiary/aromatic N) is 4. The highest BCUT2D eigenvalue weighted by atomic mass is 16.5. The van der Waals surface area contributed by atoms with Gasteiger partial charge in [0.15, 0.2) is 5.78 Å². The lowest BCUT2D eigenvalue weighted by atomic mass is 10.1. The van der Waals surface area contributed by atoms with Crippen molar-refractivity contribution < 1.29 is 19.1 Å². The van der Waals surface area contributed by atoms with Crippen LogP contribution >= 0.6 is 0 Å². The molecule has 2 aromatic heterocycles. The number of morpholine rings is 1. The number of carbonyl (C=O) groups is 2. The zero-order chi connectivity index (χ0) is 24.0. The van der Waals surface area contributed by atoms with Crippen LogP contribution in [-0.2, 0) is 16.0 Å². The van der Waals surface area contributed by atoms with Crippen molar-refractivity contribution in [1.82, 2.24) is 19.9 Å². The van der Waals surface area contributed by atoms with Gasteiger partial charge in [-0.15, -0.1) is 0 Å². The molecule has 0 spiro atoms. The first-order chi connectivity index (χ1) is 17.1.